The third-order valence-electron chi connectivity index (χ3n) is 6.83. The summed E-state index contributed by atoms with van der Waals surface area (Å²) in [4.78, 5) is 25.3. The number of ether oxygens (including phenoxy) is 5. The van der Waals surface area contributed by atoms with E-state index in [-0.39, 0.29) is 5.91 Å². The maximum absolute atomic E-state index is 13.4. The van der Waals surface area contributed by atoms with Crippen molar-refractivity contribution in [3.63, 3.8) is 0 Å². The van der Waals surface area contributed by atoms with Crippen molar-refractivity contribution in [2.45, 2.75) is 50.5 Å². The zero-order chi connectivity index (χ0) is 26.7. The van der Waals surface area contributed by atoms with Gasteiger partial charge >= 0.3 is 6.16 Å². The standard InChI is InChI=1S/C30H31NO7/c1-30(2)26(34-3)24-25(37-29(33)36-24)28(38-30)35-21-14-15-22(20-12-8-5-9-13-20)23(18-21)27(32)31-17-16-19-10-6-4-7-11-19/h4-15,18,24-26,28H,16-17H2,1-3H3,(H,31,32)/t24-,25+,26+,28+/m0/s1. The second-order valence-electron chi connectivity index (χ2n) is 9.84. The van der Waals surface area contributed by atoms with Gasteiger partial charge < -0.3 is 29.0 Å². The third-order valence-corrected chi connectivity index (χ3v) is 6.83. The van der Waals surface area contributed by atoms with Crippen molar-refractivity contribution in [1.29, 1.82) is 0 Å². The number of benzene rings is 3. The summed E-state index contributed by atoms with van der Waals surface area (Å²) < 4.78 is 28.7. The summed E-state index contributed by atoms with van der Waals surface area (Å²) in [7, 11) is 1.53. The summed E-state index contributed by atoms with van der Waals surface area (Å²) in [6.45, 7) is 4.16. The fraction of sp³-hybridized carbons (Fsp3) is 0.333. The summed E-state index contributed by atoms with van der Waals surface area (Å²) in [6.07, 6.45) is -3.09. The molecule has 0 bridgehead atoms. The van der Waals surface area contributed by atoms with Crippen LogP contribution in [0.3, 0.4) is 0 Å². The normalized spacial score (nSPS) is 23.6. The summed E-state index contributed by atoms with van der Waals surface area (Å²) in [5.74, 6) is 0.180. The number of methoxy groups -OCH3 is 1. The molecule has 8 heteroatoms. The third kappa shape index (κ3) is 5.37. The van der Waals surface area contributed by atoms with Gasteiger partial charge in [0, 0.05) is 13.7 Å². The first-order valence-electron chi connectivity index (χ1n) is 12.6. The van der Waals surface area contributed by atoms with Gasteiger partial charge in [0.1, 0.15) is 11.9 Å². The van der Waals surface area contributed by atoms with Gasteiger partial charge in [0.05, 0.1) is 11.2 Å². The van der Waals surface area contributed by atoms with Crippen LogP contribution in [0.2, 0.25) is 0 Å². The number of fused-ring (bicyclic) bond motifs is 1. The molecule has 0 unspecified atom stereocenters. The highest BCUT2D eigenvalue weighted by Gasteiger charge is 2.58. The van der Waals surface area contributed by atoms with Gasteiger partial charge in [-0.1, -0.05) is 60.7 Å². The summed E-state index contributed by atoms with van der Waals surface area (Å²) in [6, 6.07) is 25.0. The topological polar surface area (TPSA) is 92.3 Å². The number of carbonyl (C=O) groups excluding carboxylic acids is 2. The number of hydrogen-bond acceptors (Lipinski definition) is 7. The van der Waals surface area contributed by atoms with Crippen LogP contribution >= 0.6 is 0 Å². The minimum absolute atomic E-state index is 0.219. The molecule has 2 heterocycles. The van der Waals surface area contributed by atoms with Crippen molar-refractivity contribution in [3.8, 4) is 16.9 Å². The van der Waals surface area contributed by atoms with Crippen molar-refractivity contribution in [2.24, 2.45) is 0 Å². The number of amides is 1. The zero-order valence-electron chi connectivity index (χ0n) is 21.6. The van der Waals surface area contributed by atoms with Crippen LogP contribution in [-0.4, -0.2) is 55.9 Å². The van der Waals surface area contributed by atoms with E-state index in [1.54, 1.807) is 12.1 Å². The average molecular weight is 518 g/mol. The molecule has 2 saturated heterocycles. The van der Waals surface area contributed by atoms with Crippen LogP contribution in [0, 0.1) is 0 Å². The van der Waals surface area contributed by atoms with Crippen molar-refractivity contribution in [1.82, 2.24) is 5.32 Å². The molecule has 1 N–H and O–H groups in total. The highest BCUT2D eigenvalue weighted by atomic mass is 16.8. The van der Waals surface area contributed by atoms with E-state index >= 15 is 0 Å². The minimum atomic E-state index is -0.954. The van der Waals surface area contributed by atoms with Gasteiger partial charge in [-0.15, -0.1) is 0 Å². The summed E-state index contributed by atoms with van der Waals surface area (Å²) >= 11 is 0. The fourth-order valence-electron chi connectivity index (χ4n) is 5.02. The molecule has 4 atom stereocenters. The summed E-state index contributed by atoms with van der Waals surface area (Å²) in [5, 5.41) is 3.03. The van der Waals surface area contributed by atoms with Crippen LogP contribution in [0.5, 0.6) is 5.75 Å². The lowest BCUT2D eigenvalue weighted by molar-refractivity contribution is -0.282. The minimum Gasteiger partial charge on any atom is -0.461 e. The maximum Gasteiger partial charge on any atom is 0.509 e. The molecule has 2 fully saturated rings. The lowest BCUT2D eigenvalue weighted by Crippen LogP contribution is -2.62. The van der Waals surface area contributed by atoms with Gasteiger partial charge in [0.2, 0.25) is 12.4 Å². The largest absolute Gasteiger partial charge is 0.509 e. The molecule has 0 radical (unpaired) electrons. The fourth-order valence-corrected chi connectivity index (χ4v) is 5.02. The second kappa shape index (κ2) is 10.8. The molecule has 5 rings (SSSR count). The molecular weight excluding hydrogens is 486 g/mol. The quantitative estimate of drug-likeness (QED) is 0.431. The lowest BCUT2D eigenvalue weighted by Gasteiger charge is -2.45. The first-order valence-corrected chi connectivity index (χ1v) is 12.6. The Bertz CT molecular complexity index is 1280. The number of hydrogen-bond donors (Lipinski definition) is 1. The molecule has 3 aromatic carbocycles. The van der Waals surface area contributed by atoms with Crippen LogP contribution in [0.25, 0.3) is 11.1 Å². The lowest BCUT2D eigenvalue weighted by atomic mass is 9.89. The van der Waals surface area contributed by atoms with Gasteiger partial charge in [0.25, 0.3) is 5.91 Å². The van der Waals surface area contributed by atoms with E-state index in [9.17, 15) is 9.59 Å². The van der Waals surface area contributed by atoms with E-state index in [0.717, 1.165) is 16.7 Å². The van der Waals surface area contributed by atoms with Crippen LogP contribution < -0.4 is 10.1 Å². The van der Waals surface area contributed by atoms with Crippen LogP contribution in [0.1, 0.15) is 29.8 Å². The Morgan fingerprint density at radius 3 is 2.34 bits per heavy atom. The predicted octanol–water partition coefficient (Wildman–Crippen LogP) is 4.76. The van der Waals surface area contributed by atoms with Crippen molar-refractivity contribution < 1.29 is 33.3 Å². The van der Waals surface area contributed by atoms with Crippen LogP contribution in [-0.2, 0) is 25.4 Å². The molecule has 0 aliphatic carbocycles. The first-order chi connectivity index (χ1) is 18.4. The van der Waals surface area contributed by atoms with Gasteiger partial charge in [0.15, 0.2) is 6.10 Å². The Kier molecular flexibility index (Phi) is 7.35. The first kappa shape index (κ1) is 25.8. The van der Waals surface area contributed by atoms with Gasteiger partial charge in [-0.2, -0.15) is 0 Å². The van der Waals surface area contributed by atoms with E-state index in [4.69, 9.17) is 23.7 Å². The molecule has 0 spiro atoms. The molecule has 2 aliphatic rings. The van der Waals surface area contributed by atoms with Crippen molar-refractivity contribution in [2.75, 3.05) is 13.7 Å². The number of rotatable bonds is 8. The Morgan fingerprint density at radius 1 is 0.947 bits per heavy atom. The van der Waals surface area contributed by atoms with E-state index in [1.807, 2.05) is 80.6 Å². The highest BCUT2D eigenvalue weighted by molar-refractivity contribution is 6.01. The molecule has 3 aromatic rings. The van der Waals surface area contributed by atoms with Crippen LogP contribution in [0.15, 0.2) is 78.9 Å². The predicted molar refractivity (Wildman–Crippen MR) is 140 cm³/mol. The molecule has 38 heavy (non-hydrogen) atoms. The Morgan fingerprint density at radius 2 is 1.63 bits per heavy atom. The van der Waals surface area contributed by atoms with E-state index in [2.05, 4.69) is 5.32 Å². The van der Waals surface area contributed by atoms with Crippen molar-refractivity contribution in [3.05, 3.63) is 90.0 Å². The molecule has 198 valence electrons. The van der Waals surface area contributed by atoms with Crippen molar-refractivity contribution >= 4 is 12.1 Å². The maximum atomic E-state index is 13.4. The molecule has 8 nitrogen and oxygen atoms in total. The Labute approximate surface area is 221 Å². The monoisotopic (exact) mass is 517 g/mol. The van der Waals surface area contributed by atoms with E-state index < -0.39 is 36.4 Å². The SMILES string of the molecule is CO[C@@H]1[C@H]2OC(=O)O[C@H]2[C@H](Oc2ccc(-c3ccccc3)c(C(=O)NCCc3ccccc3)c2)OC1(C)C. The van der Waals surface area contributed by atoms with Crippen LogP contribution in [0.4, 0.5) is 4.79 Å². The van der Waals surface area contributed by atoms with Gasteiger partial charge in [-0.05, 0) is 55.2 Å². The Balaban J connectivity index is 1.39. The highest BCUT2D eigenvalue weighted by Crippen LogP contribution is 2.39. The molecule has 2 aliphatic heterocycles. The number of carbonyl (C=O) groups is 2. The molecule has 1 amide bonds. The zero-order valence-corrected chi connectivity index (χ0v) is 21.6. The van der Waals surface area contributed by atoms with E-state index in [1.165, 1.54) is 7.11 Å². The smallest absolute Gasteiger partial charge is 0.461 e. The molecule has 0 aromatic heterocycles. The summed E-state index contributed by atoms with van der Waals surface area (Å²) in [5.41, 5.74) is 2.46. The Hall–Kier alpha value is -3.88. The number of nitrogens with one attached hydrogen (secondary N) is 1. The van der Waals surface area contributed by atoms with Gasteiger partial charge in [-0.25, -0.2) is 4.79 Å². The van der Waals surface area contributed by atoms with E-state index in [0.29, 0.717) is 24.3 Å². The molecular formula is C30H31NO7. The van der Waals surface area contributed by atoms with Gasteiger partial charge in [-0.3, -0.25) is 4.79 Å². The molecule has 0 saturated carbocycles. The second-order valence-corrected chi connectivity index (χ2v) is 9.84. The average Bonchev–Trinajstić information content (AvgIpc) is 3.30.